The lowest BCUT2D eigenvalue weighted by Crippen LogP contribution is -2.29. The van der Waals surface area contributed by atoms with E-state index in [9.17, 15) is 0 Å². The van der Waals surface area contributed by atoms with E-state index in [0.29, 0.717) is 11.7 Å². The van der Waals surface area contributed by atoms with Crippen LogP contribution < -0.4 is 10.6 Å². The standard InChI is InChI=1S/C11H15N3S/c1-8(2)6-13-11(15)14-10-5-4-9(3)7-12-10/h4-5,7H,1,6H2,2-3H3,(H2,12,13,14,15). The first-order valence-corrected chi connectivity index (χ1v) is 5.10. The largest absolute Gasteiger partial charge is 0.359 e. The summed E-state index contributed by atoms with van der Waals surface area (Å²) in [6.07, 6.45) is 1.80. The highest BCUT2D eigenvalue weighted by Crippen LogP contribution is 2.03. The van der Waals surface area contributed by atoms with Gasteiger partial charge in [0.25, 0.3) is 0 Å². The van der Waals surface area contributed by atoms with Crippen LogP contribution in [-0.4, -0.2) is 16.6 Å². The van der Waals surface area contributed by atoms with Crippen molar-refractivity contribution in [3.63, 3.8) is 0 Å². The van der Waals surface area contributed by atoms with E-state index in [1.807, 2.05) is 26.0 Å². The van der Waals surface area contributed by atoms with Gasteiger partial charge in [-0.3, -0.25) is 0 Å². The van der Waals surface area contributed by atoms with E-state index in [1.54, 1.807) is 6.20 Å². The van der Waals surface area contributed by atoms with E-state index >= 15 is 0 Å². The Balaban J connectivity index is 2.44. The molecule has 3 nitrogen and oxygen atoms in total. The predicted molar refractivity (Wildman–Crippen MR) is 68.0 cm³/mol. The molecule has 0 radical (unpaired) electrons. The van der Waals surface area contributed by atoms with Crippen molar-refractivity contribution in [1.82, 2.24) is 10.3 Å². The molecule has 1 heterocycles. The van der Waals surface area contributed by atoms with Gasteiger partial charge in [0.2, 0.25) is 0 Å². The average Bonchev–Trinajstić information content (AvgIpc) is 2.19. The molecule has 0 aliphatic rings. The maximum Gasteiger partial charge on any atom is 0.172 e. The number of rotatable bonds is 3. The highest BCUT2D eigenvalue weighted by molar-refractivity contribution is 7.80. The fraction of sp³-hybridized carbons (Fsp3) is 0.273. The lowest BCUT2D eigenvalue weighted by Gasteiger charge is -2.09. The van der Waals surface area contributed by atoms with Gasteiger partial charge in [-0.15, -0.1) is 0 Å². The van der Waals surface area contributed by atoms with Crippen LogP contribution in [0.15, 0.2) is 30.5 Å². The molecule has 1 rings (SSSR count). The number of nitrogens with one attached hydrogen (secondary N) is 2. The van der Waals surface area contributed by atoms with Gasteiger partial charge in [-0.25, -0.2) is 4.98 Å². The normalized spacial score (nSPS) is 9.47. The van der Waals surface area contributed by atoms with Gasteiger partial charge in [-0.2, -0.15) is 0 Å². The summed E-state index contributed by atoms with van der Waals surface area (Å²) in [4.78, 5) is 4.18. The minimum atomic E-state index is 0.564. The SMILES string of the molecule is C=C(C)CNC(=S)Nc1ccc(C)cn1. The molecule has 0 aromatic carbocycles. The van der Waals surface area contributed by atoms with Crippen molar-refractivity contribution in [2.45, 2.75) is 13.8 Å². The van der Waals surface area contributed by atoms with E-state index in [2.05, 4.69) is 22.2 Å². The molecule has 0 atom stereocenters. The molecule has 0 saturated carbocycles. The highest BCUT2D eigenvalue weighted by atomic mass is 32.1. The summed E-state index contributed by atoms with van der Waals surface area (Å²) in [6, 6.07) is 3.88. The summed E-state index contributed by atoms with van der Waals surface area (Å²) in [5.74, 6) is 0.750. The van der Waals surface area contributed by atoms with Crippen LogP contribution in [0, 0.1) is 6.92 Å². The first-order valence-electron chi connectivity index (χ1n) is 4.70. The topological polar surface area (TPSA) is 37.0 Å². The molecule has 2 N–H and O–H groups in total. The number of aryl methyl sites for hydroxylation is 1. The summed E-state index contributed by atoms with van der Waals surface area (Å²) in [6.45, 7) is 8.40. The molecule has 0 aliphatic heterocycles. The van der Waals surface area contributed by atoms with Gasteiger partial charge in [0.1, 0.15) is 5.82 Å². The fourth-order valence-corrected chi connectivity index (χ4v) is 1.11. The van der Waals surface area contributed by atoms with Gasteiger partial charge in [0, 0.05) is 12.7 Å². The Labute approximate surface area is 95.6 Å². The van der Waals surface area contributed by atoms with Crippen LogP contribution in [0.5, 0.6) is 0 Å². The number of aromatic nitrogens is 1. The fourth-order valence-electron chi connectivity index (χ4n) is 0.933. The minimum Gasteiger partial charge on any atom is -0.359 e. The molecule has 0 aliphatic carbocycles. The van der Waals surface area contributed by atoms with E-state index < -0.39 is 0 Å². The number of hydrogen-bond donors (Lipinski definition) is 2. The first-order chi connectivity index (χ1) is 7.08. The number of nitrogens with zero attached hydrogens (tertiary/aromatic N) is 1. The van der Waals surface area contributed by atoms with Gasteiger partial charge < -0.3 is 10.6 Å². The Kier molecular flexibility index (Phi) is 4.24. The molecule has 80 valence electrons. The number of hydrogen-bond acceptors (Lipinski definition) is 2. The zero-order valence-corrected chi connectivity index (χ0v) is 9.82. The van der Waals surface area contributed by atoms with Crippen molar-refractivity contribution in [2.75, 3.05) is 11.9 Å². The molecular weight excluding hydrogens is 206 g/mol. The zero-order chi connectivity index (χ0) is 11.3. The van der Waals surface area contributed by atoms with E-state index in [0.717, 1.165) is 17.0 Å². The molecule has 1 aromatic heterocycles. The predicted octanol–water partition coefficient (Wildman–Crippen LogP) is 2.25. The second-order valence-corrected chi connectivity index (χ2v) is 3.89. The van der Waals surface area contributed by atoms with Gasteiger partial charge in [-0.05, 0) is 37.7 Å². The minimum absolute atomic E-state index is 0.564. The third-order valence-corrected chi connectivity index (χ3v) is 1.95. The Hall–Kier alpha value is -1.42. The van der Waals surface area contributed by atoms with Crippen LogP contribution in [0.3, 0.4) is 0 Å². The molecule has 0 amide bonds. The molecule has 15 heavy (non-hydrogen) atoms. The molecular formula is C11H15N3S. The first kappa shape index (κ1) is 11.7. The van der Waals surface area contributed by atoms with E-state index in [-0.39, 0.29) is 0 Å². The summed E-state index contributed by atoms with van der Waals surface area (Å²) in [7, 11) is 0. The maximum atomic E-state index is 5.08. The summed E-state index contributed by atoms with van der Waals surface area (Å²) >= 11 is 5.08. The number of anilines is 1. The Bertz CT molecular complexity index is 357. The Morgan fingerprint density at radius 3 is 2.80 bits per heavy atom. The van der Waals surface area contributed by atoms with Crippen LogP contribution >= 0.6 is 12.2 Å². The number of pyridine rings is 1. The van der Waals surface area contributed by atoms with Crippen molar-refractivity contribution in [3.8, 4) is 0 Å². The van der Waals surface area contributed by atoms with E-state index in [1.165, 1.54) is 0 Å². The van der Waals surface area contributed by atoms with Crippen molar-refractivity contribution in [2.24, 2.45) is 0 Å². The average molecular weight is 221 g/mol. The van der Waals surface area contributed by atoms with Gasteiger partial charge >= 0.3 is 0 Å². The van der Waals surface area contributed by atoms with Crippen LogP contribution in [0.4, 0.5) is 5.82 Å². The van der Waals surface area contributed by atoms with Gasteiger partial charge in [-0.1, -0.05) is 18.2 Å². The lowest BCUT2D eigenvalue weighted by atomic mass is 10.3. The highest BCUT2D eigenvalue weighted by Gasteiger charge is 1.97. The molecule has 0 unspecified atom stereocenters. The summed E-state index contributed by atoms with van der Waals surface area (Å²) in [5.41, 5.74) is 2.16. The summed E-state index contributed by atoms with van der Waals surface area (Å²) in [5, 5.41) is 6.58. The molecule has 0 saturated heterocycles. The quantitative estimate of drug-likeness (QED) is 0.606. The maximum absolute atomic E-state index is 5.08. The molecule has 4 heteroatoms. The van der Waals surface area contributed by atoms with Crippen LogP contribution in [0.2, 0.25) is 0 Å². The van der Waals surface area contributed by atoms with Crippen molar-refractivity contribution in [3.05, 3.63) is 36.0 Å². The van der Waals surface area contributed by atoms with Crippen LogP contribution in [0.25, 0.3) is 0 Å². The second kappa shape index (κ2) is 5.46. The van der Waals surface area contributed by atoms with Crippen LogP contribution in [0.1, 0.15) is 12.5 Å². The van der Waals surface area contributed by atoms with Gasteiger partial charge in [0.15, 0.2) is 5.11 Å². The zero-order valence-electron chi connectivity index (χ0n) is 9.00. The third kappa shape index (κ3) is 4.56. The number of thiocarbonyl (C=S) groups is 1. The Morgan fingerprint density at radius 1 is 1.53 bits per heavy atom. The van der Waals surface area contributed by atoms with Crippen molar-refractivity contribution < 1.29 is 0 Å². The van der Waals surface area contributed by atoms with Crippen molar-refractivity contribution in [1.29, 1.82) is 0 Å². The monoisotopic (exact) mass is 221 g/mol. The second-order valence-electron chi connectivity index (χ2n) is 3.49. The lowest BCUT2D eigenvalue weighted by molar-refractivity contribution is 0.998. The Morgan fingerprint density at radius 2 is 2.27 bits per heavy atom. The molecule has 1 aromatic rings. The van der Waals surface area contributed by atoms with Gasteiger partial charge in [0.05, 0.1) is 0 Å². The van der Waals surface area contributed by atoms with E-state index in [4.69, 9.17) is 12.2 Å². The van der Waals surface area contributed by atoms with Crippen LogP contribution in [-0.2, 0) is 0 Å². The third-order valence-electron chi connectivity index (χ3n) is 1.70. The smallest absolute Gasteiger partial charge is 0.172 e. The molecule has 0 bridgehead atoms. The molecule has 0 fully saturated rings. The van der Waals surface area contributed by atoms with Crippen molar-refractivity contribution >= 4 is 23.1 Å². The summed E-state index contributed by atoms with van der Waals surface area (Å²) < 4.78 is 0. The molecule has 0 spiro atoms.